The molecular formula is C22H23FN4O3. The van der Waals surface area contributed by atoms with Crippen molar-refractivity contribution < 1.29 is 19.1 Å². The Bertz CT molecular complexity index is 1050. The zero-order chi connectivity index (χ0) is 21.7. The van der Waals surface area contributed by atoms with Crippen molar-refractivity contribution in [1.29, 1.82) is 0 Å². The van der Waals surface area contributed by atoms with Gasteiger partial charge < -0.3 is 15.7 Å². The van der Waals surface area contributed by atoms with Gasteiger partial charge in [-0.2, -0.15) is 0 Å². The zero-order valence-electron chi connectivity index (χ0n) is 16.7. The van der Waals surface area contributed by atoms with Gasteiger partial charge >= 0.3 is 11.8 Å². The van der Waals surface area contributed by atoms with Crippen molar-refractivity contribution in [2.75, 3.05) is 11.9 Å². The van der Waals surface area contributed by atoms with E-state index in [1.54, 1.807) is 25.1 Å². The highest BCUT2D eigenvalue weighted by Crippen LogP contribution is 2.17. The van der Waals surface area contributed by atoms with Crippen LogP contribution in [0.2, 0.25) is 0 Å². The first-order chi connectivity index (χ1) is 14.4. The molecule has 2 aromatic carbocycles. The van der Waals surface area contributed by atoms with Crippen molar-refractivity contribution >= 4 is 17.6 Å². The van der Waals surface area contributed by atoms with Crippen LogP contribution < -0.4 is 10.6 Å². The summed E-state index contributed by atoms with van der Waals surface area (Å²) in [6, 6.07) is 14.2. The first kappa shape index (κ1) is 21.2. The molecule has 8 heteroatoms. The molecule has 0 spiro atoms. The maximum Gasteiger partial charge on any atom is 0.314 e. The number of hydrogen-bond donors (Lipinski definition) is 3. The van der Waals surface area contributed by atoms with Gasteiger partial charge in [-0.1, -0.05) is 37.3 Å². The summed E-state index contributed by atoms with van der Waals surface area (Å²) in [7, 11) is 0. The van der Waals surface area contributed by atoms with Gasteiger partial charge in [0.05, 0.1) is 18.3 Å². The lowest BCUT2D eigenvalue weighted by atomic mass is 10.0. The van der Waals surface area contributed by atoms with Crippen molar-refractivity contribution in [3.05, 3.63) is 77.2 Å². The summed E-state index contributed by atoms with van der Waals surface area (Å²) < 4.78 is 14.9. The van der Waals surface area contributed by atoms with E-state index in [0.717, 1.165) is 12.0 Å². The SMILES string of the molecule is CCc1ccc(C(CO)NC(=O)C(=O)Nc2cc(C)n(-c3cccc(F)c3)n2)cc1. The Kier molecular flexibility index (Phi) is 6.58. The van der Waals surface area contributed by atoms with Crippen LogP contribution in [0.3, 0.4) is 0 Å². The lowest BCUT2D eigenvalue weighted by molar-refractivity contribution is -0.136. The molecule has 0 fully saturated rings. The quantitative estimate of drug-likeness (QED) is 0.545. The van der Waals surface area contributed by atoms with Crippen LogP contribution in [0.4, 0.5) is 10.2 Å². The molecule has 0 saturated heterocycles. The predicted molar refractivity (Wildman–Crippen MR) is 111 cm³/mol. The number of aliphatic hydroxyl groups excluding tert-OH is 1. The Balaban J connectivity index is 1.67. The minimum atomic E-state index is -0.914. The molecule has 0 aliphatic carbocycles. The number of carbonyl (C=O) groups excluding carboxylic acids is 2. The van der Waals surface area contributed by atoms with E-state index in [1.165, 1.54) is 16.8 Å². The smallest absolute Gasteiger partial charge is 0.314 e. The first-order valence-electron chi connectivity index (χ1n) is 9.55. The highest BCUT2D eigenvalue weighted by molar-refractivity contribution is 6.39. The second kappa shape index (κ2) is 9.32. The van der Waals surface area contributed by atoms with Crippen LogP contribution in [0, 0.1) is 12.7 Å². The van der Waals surface area contributed by atoms with Crippen molar-refractivity contribution in [3.63, 3.8) is 0 Å². The van der Waals surface area contributed by atoms with Gasteiger partial charge in [-0.3, -0.25) is 9.59 Å². The first-order valence-corrected chi connectivity index (χ1v) is 9.55. The van der Waals surface area contributed by atoms with E-state index in [1.807, 2.05) is 31.2 Å². The number of halogens is 1. The molecule has 0 saturated carbocycles. The summed E-state index contributed by atoms with van der Waals surface area (Å²) in [4.78, 5) is 24.6. The molecule has 7 nitrogen and oxygen atoms in total. The fourth-order valence-corrected chi connectivity index (χ4v) is 3.02. The number of carbonyl (C=O) groups is 2. The van der Waals surface area contributed by atoms with E-state index in [0.29, 0.717) is 16.9 Å². The summed E-state index contributed by atoms with van der Waals surface area (Å²) in [5.74, 6) is -2.06. The molecule has 0 aliphatic heterocycles. The van der Waals surface area contributed by atoms with Crippen molar-refractivity contribution in [1.82, 2.24) is 15.1 Å². The number of anilines is 1. The number of amides is 2. The molecule has 0 bridgehead atoms. The topological polar surface area (TPSA) is 96.3 Å². The highest BCUT2D eigenvalue weighted by Gasteiger charge is 2.21. The molecule has 1 aromatic heterocycles. The van der Waals surface area contributed by atoms with Gasteiger partial charge in [0.1, 0.15) is 5.82 Å². The minimum absolute atomic E-state index is 0.157. The van der Waals surface area contributed by atoms with Gasteiger partial charge in [-0.15, -0.1) is 5.10 Å². The normalized spacial score (nSPS) is 11.7. The second-order valence-corrected chi connectivity index (χ2v) is 6.82. The van der Waals surface area contributed by atoms with Gasteiger partial charge in [0.25, 0.3) is 0 Å². The van der Waals surface area contributed by atoms with Crippen LogP contribution in [0.5, 0.6) is 0 Å². The van der Waals surface area contributed by atoms with Gasteiger partial charge in [-0.25, -0.2) is 9.07 Å². The van der Waals surface area contributed by atoms with Gasteiger partial charge in [0.15, 0.2) is 5.82 Å². The fourth-order valence-electron chi connectivity index (χ4n) is 3.02. The molecule has 3 rings (SSSR count). The van der Waals surface area contributed by atoms with Crippen molar-refractivity contribution in [2.24, 2.45) is 0 Å². The van der Waals surface area contributed by atoms with Crippen LogP contribution >= 0.6 is 0 Å². The monoisotopic (exact) mass is 410 g/mol. The van der Waals surface area contributed by atoms with Crippen LogP contribution in [-0.2, 0) is 16.0 Å². The second-order valence-electron chi connectivity index (χ2n) is 6.82. The maximum absolute atomic E-state index is 13.5. The van der Waals surface area contributed by atoms with Crippen molar-refractivity contribution in [3.8, 4) is 5.69 Å². The standard InChI is InChI=1S/C22H23FN4O3/c1-3-15-7-9-16(10-8-15)19(13-28)24-21(29)22(30)25-20-11-14(2)27(26-20)18-6-4-5-17(23)12-18/h4-12,19,28H,3,13H2,1-2H3,(H,24,29)(H,25,26,30). The largest absolute Gasteiger partial charge is 0.394 e. The molecule has 0 aliphatic rings. The third-order valence-corrected chi connectivity index (χ3v) is 4.67. The number of nitrogens with zero attached hydrogens (tertiary/aromatic N) is 2. The molecule has 3 N–H and O–H groups in total. The van der Waals surface area contributed by atoms with Gasteiger partial charge in [0.2, 0.25) is 0 Å². The molecule has 3 aromatic rings. The number of aryl methyl sites for hydroxylation is 2. The Morgan fingerprint density at radius 2 is 1.87 bits per heavy atom. The van der Waals surface area contributed by atoms with Gasteiger partial charge in [-0.05, 0) is 42.7 Å². The number of aromatic nitrogens is 2. The molecule has 156 valence electrons. The summed E-state index contributed by atoms with van der Waals surface area (Å²) in [5.41, 5.74) is 2.97. The van der Waals surface area contributed by atoms with Crippen LogP contribution in [0.1, 0.15) is 29.8 Å². The number of nitrogens with one attached hydrogen (secondary N) is 2. The summed E-state index contributed by atoms with van der Waals surface area (Å²) in [5, 5.41) is 18.8. The predicted octanol–water partition coefficient (Wildman–Crippen LogP) is 2.67. The Labute approximate surface area is 173 Å². The van der Waals surface area contributed by atoms with E-state index < -0.39 is 23.7 Å². The molecule has 1 atom stereocenters. The van der Waals surface area contributed by atoms with E-state index >= 15 is 0 Å². The third-order valence-electron chi connectivity index (χ3n) is 4.67. The van der Waals surface area contributed by atoms with Crippen LogP contribution in [-0.4, -0.2) is 33.3 Å². The zero-order valence-corrected chi connectivity index (χ0v) is 16.7. The summed E-state index contributed by atoms with van der Waals surface area (Å²) in [6.45, 7) is 3.43. The molecular weight excluding hydrogens is 387 g/mol. The molecule has 2 amide bonds. The Morgan fingerprint density at radius 3 is 2.50 bits per heavy atom. The summed E-state index contributed by atoms with van der Waals surface area (Å²) >= 11 is 0. The maximum atomic E-state index is 13.5. The number of aliphatic hydroxyl groups is 1. The fraction of sp³-hybridized carbons (Fsp3) is 0.227. The Hall–Kier alpha value is -3.52. The van der Waals surface area contributed by atoms with E-state index in [-0.39, 0.29) is 12.4 Å². The number of rotatable bonds is 6. The third kappa shape index (κ3) is 4.90. The summed E-state index contributed by atoms with van der Waals surface area (Å²) in [6.07, 6.45) is 0.876. The Morgan fingerprint density at radius 1 is 1.13 bits per heavy atom. The van der Waals surface area contributed by atoms with E-state index in [9.17, 15) is 19.1 Å². The van der Waals surface area contributed by atoms with Crippen LogP contribution in [0.15, 0.2) is 54.6 Å². The molecule has 1 heterocycles. The average molecular weight is 410 g/mol. The minimum Gasteiger partial charge on any atom is -0.394 e. The molecule has 30 heavy (non-hydrogen) atoms. The number of benzene rings is 2. The van der Waals surface area contributed by atoms with Crippen LogP contribution in [0.25, 0.3) is 5.69 Å². The number of hydrogen-bond acceptors (Lipinski definition) is 4. The average Bonchev–Trinajstić information content (AvgIpc) is 3.11. The molecule has 1 unspecified atom stereocenters. The van der Waals surface area contributed by atoms with Gasteiger partial charge in [0, 0.05) is 11.8 Å². The molecule has 0 radical (unpaired) electrons. The van der Waals surface area contributed by atoms with E-state index in [4.69, 9.17) is 0 Å². The lowest BCUT2D eigenvalue weighted by Gasteiger charge is -2.16. The van der Waals surface area contributed by atoms with Crippen molar-refractivity contribution in [2.45, 2.75) is 26.3 Å². The highest BCUT2D eigenvalue weighted by atomic mass is 19.1. The van der Waals surface area contributed by atoms with E-state index in [2.05, 4.69) is 15.7 Å². The lowest BCUT2D eigenvalue weighted by Crippen LogP contribution is -2.39.